The lowest BCUT2D eigenvalue weighted by molar-refractivity contribution is -0.145. The maximum absolute atomic E-state index is 11.9. The monoisotopic (exact) mass is 278 g/mol. The van der Waals surface area contributed by atoms with Gasteiger partial charge < -0.3 is 10.0 Å². The zero-order valence-electron chi connectivity index (χ0n) is 10.5. The van der Waals surface area contributed by atoms with Crippen molar-refractivity contribution in [2.24, 2.45) is 5.92 Å². The van der Waals surface area contributed by atoms with Gasteiger partial charge in [0.1, 0.15) is 6.54 Å². The summed E-state index contributed by atoms with van der Waals surface area (Å²) in [5.41, 5.74) is 0. The van der Waals surface area contributed by atoms with Crippen LogP contribution in [0, 0.1) is 5.92 Å². The van der Waals surface area contributed by atoms with Gasteiger partial charge in [-0.05, 0) is 12.8 Å². The average molecular weight is 278 g/mol. The normalized spacial score (nSPS) is 21.6. The summed E-state index contributed by atoms with van der Waals surface area (Å²) in [5.74, 6) is -1.84. The first kappa shape index (κ1) is 14.9. The summed E-state index contributed by atoms with van der Waals surface area (Å²) in [6.45, 7) is 0.196. The van der Waals surface area contributed by atoms with Crippen LogP contribution in [0.3, 0.4) is 0 Å². The molecular formula is C10H18N2O5S. The van der Waals surface area contributed by atoms with E-state index < -0.39 is 21.9 Å². The van der Waals surface area contributed by atoms with Crippen molar-refractivity contribution in [3.05, 3.63) is 0 Å². The number of carbonyl (C=O) groups is 2. The molecule has 0 aromatic carbocycles. The molecule has 0 aromatic rings. The van der Waals surface area contributed by atoms with Crippen molar-refractivity contribution in [1.82, 2.24) is 9.21 Å². The molecule has 1 atom stereocenters. The third-order valence-electron chi connectivity index (χ3n) is 2.95. The van der Waals surface area contributed by atoms with E-state index in [4.69, 9.17) is 5.11 Å². The lowest BCUT2D eigenvalue weighted by atomic mass is 9.98. The van der Waals surface area contributed by atoms with Gasteiger partial charge in [-0.25, -0.2) is 12.7 Å². The molecule has 8 heteroatoms. The standard InChI is InChI=1S/C10H18N2O5S/c1-11(7-9(13)14)10(15)8-4-3-5-12(6-8)18(2,16)17/h8H,3-7H2,1-2H3,(H,13,14). The van der Waals surface area contributed by atoms with Crippen molar-refractivity contribution in [2.45, 2.75) is 12.8 Å². The van der Waals surface area contributed by atoms with E-state index in [2.05, 4.69) is 0 Å². The van der Waals surface area contributed by atoms with Gasteiger partial charge in [0.2, 0.25) is 15.9 Å². The molecule has 0 radical (unpaired) electrons. The minimum atomic E-state index is -3.29. The number of carboxylic acids is 1. The molecular weight excluding hydrogens is 260 g/mol. The zero-order chi connectivity index (χ0) is 13.9. The van der Waals surface area contributed by atoms with Crippen LogP contribution in [0.25, 0.3) is 0 Å². The number of carboxylic acid groups (broad SMARTS) is 1. The quantitative estimate of drug-likeness (QED) is 0.726. The van der Waals surface area contributed by atoms with Gasteiger partial charge in [0.25, 0.3) is 0 Å². The smallest absolute Gasteiger partial charge is 0.323 e. The third kappa shape index (κ3) is 3.95. The molecule has 1 amide bonds. The van der Waals surface area contributed by atoms with Crippen molar-refractivity contribution in [3.63, 3.8) is 0 Å². The van der Waals surface area contributed by atoms with E-state index in [1.165, 1.54) is 11.4 Å². The Morgan fingerprint density at radius 2 is 2.06 bits per heavy atom. The number of piperidine rings is 1. The first-order valence-corrected chi connectivity index (χ1v) is 7.48. The summed E-state index contributed by atoms with van der Waals surface area (Å²) in [6.07, 6.45) is 2.32. The highest BCUT2D eigenvalue weighted by atomic mass is 32.2. The second-order valence-corrected chi connectivity index (χ2v) is 6.53. The molecule has 1 aliphatic rings. The maximum Gasteiger partial charge on any atom is 0.323 e. The minimum Gasteiger partial charge on any atom is -0.480 e. The number of hydrogen-bond acceptors (Lipinski definition) is 4. The Bertz CT molecular complexity index is 434. The van der Waals surface area contributed by atoms with Crippen molar-refractivity contribution in [2.75, 3.05) is 32.9 Å². The predicted octanol–water partition coefficient (Wildman–Crippen LogP) is -0.799. The number of aliphatic carboxylic acids is 1. The Hall–Kier alpha value is -1.15. The van der Waals surface area contributed by atoms with Crippen LogP contribution in [-0.4, -0.2) is 67.5 Å². The minimum absolute atomic E-state index is 0.141. The van der Waals surface area contributed by atoms with Crippen LogP contribution in [0.5, 0.6) is 0 Å². The van der Waals surface area contributed by atoms with Crippen LogP contribution >= 0.6 is 0 Å². The zero-order valence-corrected chi connectivity index (χ0v) is 11.3. The molecule has 7 nitrogen and oxygen atoms in total. The second kappa shape index (κ2) is 5.66. The maximum atomic E-state index is 11.9. The molecule has 1 N–H and O–H groups in total. The van der Waals surface area contributed by atoms with E-state index >= 15 is 0 Å². The fourth-order valence-corrected chi connectivity index (χ4v) is 2.95. The number of hydrogen-bond donors (Lipinski definition) is 1. The van der Waals surface area contributed by atoms with Gasteiger partial charge >= 0.3 is 5.97 Å². The van der Waals surface area contributed by atoms with Crippen LogP contribution in [0.2, 0.25) is 0 Å². The Kier molecular flexibility index (Phi) is 4.69. The second-order valence-electron chi connectivity index (χ2n) is 4.55. The molecule has 0 saturated carbocycles. The number of likely N-dealkylation sites (N-methyl/N-ethyl adjacent to an activating group) is 1. The Morgan fingerprint density at radius 3 is 2.56 bits per heavy atom. The van der Waals surface area contributed by atoms with E-state index in [1.807, 2.05) is 0 Å². The number of carbonyl (C=O) groups excluding carboxylic acids is 1. The van der Waals surface area contributed by atoms with Crippen LogP contribution in [-0.2, 0) is 19.6 Å². The molecule has 18 heavy (non-hydrogen) atoms. The topological polar surface area (TPSA) is 95.0 Å². The lowest BCUT2D eigenvalue weighted by Gasteiger charge is -2.32. The molecule has 1 heterocycles. The largest absolute Gasteiger partial charge is 0.480 e. The SMILES string of the molecule is CN(CC(=O)O)C(=O)C1CCCN(S(C)(=O)=O)C1. The van der Waals surface area contributed by atoms with E-state index in [9.17, 15) is 18.0 Å². The van der Waals surface area contributed by atoms with Crippen molar-refractivity contribution in [3.8, 4) is 0 Å². The summed E-state index contributed by atoms with van der Waals surface area (Å²) in [4.78, 5) is 23.6. The van der Waals surface area contributed by atoms with Gasteiger partial charge in [-0.1, -0.05) is 0 Å². The van der Waals surface area contributed by atoms with Gasteiger partial charge in [0.15, 0.2) is 0 Å². The Morgan fingerprint density at radius 1 is 1.44 bits per heavy atom. The van der Waals surface area contributed by atoms with Crippen molar-refractivity contribution < 1.29 is 23.1 Å². The molecule has 1 rings (SSSR count). The van der Waals surface area contributed by atoms with Gasteiger partial charge in [-0.2, -0.15) is 0 Å². The van der Waals surface area contributed by atoms with E-state index in [0.717, 1.165) is 11.2 Å². The summed E-state index contributed by atoms with van der Waals surface area (Å²) in [5, 5.41) is 8.61. The first-order chi connectivity index (χ1) is 8.21. The molecule has 1 unspecified atom stereocenters. The van der Waals surface area contributed by atoms with E-state index in [1.54, 1.807) is 0 Å². The Labute approximate surface area is 106 Å². The average Bonchev–Trinajstić information content (AvgIpc) is 2.26. The molecule has 1 aliphatic heterocycles. The molecule has 1 saturated heterocycles. The van der Waals surface area contributed by atoms with Gasteiger partial charge in [-0.3, -0.25) is 9.59 Å². The summed E-state index contributed by atoms with van der Waals surface area (Å²) >= 11 is 0. The highest BCUT2D eigenvalue weighted by Gasteiger charge is 2.31. The summed E-state index contributed by atoms with van der Waals surface area (Å²) < 4.78 is 24.1. The highest BCUT2D eigenvalue weighted by molar-refractivity contribution is 7.88. The fourth-order valence-electron chi connectivity index (χ4n) is 2.04. The van der Waals surface area contributed by atoms with Gasteiger partial charge in [-0.15, -0.1) is 0 Å². The highest BCUT2D eigenvalue weighted by Crippen LogP contribution is 2.20. The number of amides is 1. The summed E-state index contributed by atoms with van der Waals surface area (Å²) in [7, 11) is -1.88. The first-order valence-electron chi connectivity index (χ1n) is 5.63. The van der Waals surface area contributed by atoms with E-state index in [0.29, 0.717) is 19.4 Å². The Balaban J connectivity index is 2.67. The van der Waals surface area contributed by atoms with Crippen LogP contribution < -0.4 is 0 Å². The van der Waals surface area contributed by atoms with Crippen molar-refractivity contribution in [1.29, 1.82) is 0 Å². The number of rotatable bonds is 4. The molecule has 0 spiro atoms. The number of nitrogens with zero attached hydrogens (tertiary/aromatic N) is 2. The van der Waals surface area contributed by atoms with Gasteiger partial charge in [0, 0.05) is 20.1 Å². The molecule has 0 aromatic heterocycles. The van der Waals surface area contributed by atoms with Gasteiger partial charge in [0.05, 0.1) is 12.2 Å². The molecule has 0 bridgehead atoms. The van der Waals surface area contributed by atoms with Crippen LogP contribution in [0.4, 0.5) is 0 Å². The van der Waals surface area contributed by atoms with Crippen molar-refractivity contribution >= 4 is 21.9 Å². The van der Waals surface area contributed by atoms with Crippen LogP contribution in [0.15, 0.2) is 0 Å². The number of sulfonamides is 1. The van der Waals surface area contributed by atoms with Crippen LogP contribution in [0.1, 0.15) is 12.8 Å². The predicted molar refractivity (Wildman–Crippen MR) is 64.4 cm³/mol. The third-order valence-corrected chi connectivity index (χ3v) is 4.22. The fraction of sp³-hybridized carbons (Fsp3) is 0.800. The molecule has 104 valence electrons. The van der Waals surface area contributed by atoms with E-state index in [-0.39, 0.29) is 19.0 Å². The molecule has 0 aliphatic carbocycles. The lowest BCUT2D eigenvalue weighted by Crippen LogP contribution is -2.46. The summed E-state index contributed by atoms with van der Waals surface area (Å²) in [6, 6.07) is 0. The molecule has 1 fully saturated rings.